The van der Waals surface area contributed by atoms with Crippen LogP contribution in [0.25, 0.3) is 0 Å². The number of urea groups is 1. The maximum absolute atomic E-state index is 11.8. The molecule has 0 aliphatic heterocycles. The number of carboxylic acids is 1. The Labute approximate surface area is 113 Å². The van der Waals surface area contributed by atoms with Crippen molar-refractivity contribution in [3.8, 4) is 0 Å². The Kier molecular flexibility index (Phi) is 4.92. The summed E-state index contributed by atoms with van der Waals surface area (Å²) in [4.78, 5) is 22.5. The summed E-state index contributed by atoms with van der Waals surface area (Å²) in [6.45, 7) is 6.02. The van der Waals surface area contributed by atoms with Gasteiger partial charge in [0, 0.05) is 11.2 Å². The molecule has 0 spiro atoms. The van der Waals surface area contributed by atoms with E-state index in [0.29, 0.717) is 5.69 Å². The minimum atomic E-state index is -0.986. The molecule has 0 unspecified atom stereocenters. The predicted molar refractivity (Wildman–Crippen MR) is 74.5 cm³/mol. The zero-order valence-corrected chi connectivity index (χ0v) is 11.5. The van der Waals surface area contributed by atoms with Gasteiger partial charge in [0.05, 0.1) is 5.56 Å². The number of rotatable bonds is 5. The van der Waals surface area contributed by atoms with E-state index in [2.05, 4.69) is 10.6 Å². The average molecular weight is 264 g/mol. The first-order chi connectivity index (χ1) is 8.90. The number of amides is 2. The second-order valence-electron chi connectivity index (χ2n) is 4.73. The molecular weight excluding hydrogens is 244 g/mol. The Hall–Kier alpha value is -2.04. The highest BCUT2D eigenvalue weighted by atomic mass is 16.4. The number of carboxylic acid groups (broad SMARTS) is 1. The molecule has 0 saturated carbocycles. The third-order valence-electron chi connectivity index (χ3n) is 3.37. The van der Waals surface area contributed by atoms with Crippen LogP contribution in [0.1, 0.15) is 44.0 Å². The van der Waals surface area contributed by atoms with Crippen LogP contribution in [0.3, 0.4) is 0 Å². The topological polar surface area (TPSA) is 78.4 Å². The number of carbonyl (C=O) groups excluding carboxylic acids is 1. The number of carbonyl (C=O) groups is 2. The number of hydrogen-bond donors (Lipinski definition) is 3. The third-order valence-corrected chi connectivity index (χ3v) is 3.37. The minimum absolute atomic E-state index is 0.193. The van der Waals surface area contributed by atoms with Crippen molar-refractivity contribution in [2.45, 2.75) is 39.2 Å². The number of nitrogens with one attached hydrogen (secondary N) is 2. The van der Waals surface area contributed by atoms with Gasteiger partial charge in [0.25, 0.3) is 0 Å². The van der Waals surface area contributed by atoms with E-state index in [1.54, 1.807) is 12.1 Å². The molecule has 1 aromatic rings. The smallest absolute Gasteiger partial charge is 0.335 e. The van der Waals surface area contributed by atoms with E-state index in [1.165, 1.54) is 12.1 Å². The van der Waals surface area contributed by atoms with Crippen LogP contribution in [-0.2, 0) is 0 Å². The van der Waals surface area contributed by atoms with Gasteiger partial charge in [-0.15, -0.1) is 0 Å². The van der Waals surface area contributed by atoms with Crippen molar-refractivity contribution in [2.24, 2.45) is 0 Å². The second kappa shape index (κ2) is 6.22. The molecule has 0 aliphatic carbocycles. The number of benzene rings is 1. The maximum atomic E-state index is 11.8. The molecule has 2 amide bonds. The van der Waals surface area contributed by atoms with E-state index < -0.39 is 5.97 Å². The van der Waals surface area contributed by atoms with Crippen LogP contribution in [0, 0.1) is 0 Å². The molecule has 0 radical (unpaired) electrons. The zero-order valence-electron chi connectivity index (χ0n) is 11.5. The molecule has 0 heterocycles. The van der Waals surface area contributed by atoms with E-state index in [-0.39, 0.29) is 17.1 Å². The lowest BCUT2D eigenvalue weighted by molar-refractivity contribution is 0.0697. The minimum Gasteiger partial charge on any atom is -0.478 e. The van der Waals surface area contributed by atoms with Gasteiger partial charge in [-0.05, 0) is 44.0 Å². The van der Waals surface area contributed by atoms with Gasteiger partial charge in [-0.1, -0.05) is 13.8 Å². The van der Waals surface area contributed by atoms with Crippen molar-refractivity contribution in [2.75, 3.05) is 5.32 Å². The molecule has 0 fully saturated rings. The Morgan fingerprint density at radius 3 is 2.11 bits per heavy atom. The van der Waals surface area contributed by atoms with Crippen molar-refractivity contribution in [1.82, 2.24) is 5.32 Å². The van der Waals surface area contributed by atoms with E-state index in [9.17, 15) is 9.59 Å². The van der Waals surface area contributed by atoms with Gasteiger partial charge >= 0.3 is 12.0 Å². The monoisotopic (exact) mass is 264 g/mol. The lowest BCUT2D eigenvalue weighted by Crippen LogP contribution is -2.46. The van der Waals surface area contributed by atoms with Gasteiger partial charge in [-0.2, -0.15) is 0 Å². The van der Waals surface area contributed by atoms with Crippen molar-refractivity contribution in [1.29, 1.82) is 0 Å². The SMILES string of the molecule is CCC(C)(CC)NC(=O)Nc1ccc(C(=O)O)cc1. The standard InChI is InChI=1S/C14H20N2O3/c1-4-14(3,5-2)16-13(19)15-11-8-6-10(7-9-11)12(17)18/h6-9H,4-5H2,1-3H3,(H,17,18)(H2,15,16,19). The first kappa shape index (κ1) is 15.0. The second-order valence-corrected chi connectivity index (χ2v) is 4.73. The van der Waals surface area contributed by atoms with Crippen molar-refractivity contribution in [3.05, 3.63) is 29.8 Å². The molecule has 1 aromatic carbocycles. The lowest BCUT2D eigenvalue weighted by atomic mass is 9.96. The zero-order chi connectivity index (χ0) is 14.5. The van der Waals surface area contributed by atoms with Gasteiger partial charge in [0.1, 0.15) is 0 Å². The van der Waals surface area contributed by atoms with Crippen LogP contribution in [0.15, 0.2) is 24.3 Å². The fourth-order valence-corrected chi connectivity index (χ4v) is 1.56. The Morgan fingerprint density at radius 1 is 1.16 bits per heavy atom. The first-order valence-electron chi connectivity index (χ1n) is 6.32. The molecule has 19 heavy (non-hydrogen) atoms. The predicted octanol–water partition coefficient (Wildman–Crippen LogP) is 3.09. The fourth-order valence-electron chi connectivity index (χ4n) is 1.56. The van der Waals surface area contributed by atoms with Gasteiger partial charge in [-0.3, -0.25) is 0 Å². The molecule has 0 atom stereocenters. The van der Waals surface area contributed by atoms with E-state index in [0.717, 1.165) is 12.8 Å². The number of hydrogen-bond acceptors (Lipinski definition) is 2. The van der Waals surface area contributed by atoms with E-state index >= 15 is 0 Å². The molecule has 104 valence electrons. The summed E-state index contributed by atoms with van der Waals surface area (Å²) < 4.78 is 0. The van der Waals surface area contributed by atoms with Gasteiger partial charge in [-0.25, -0.2) is 9.59 Å². The molecule has 0 aliphatic rings. The third kappa shape index (κ3) is 4.28. The summed E-state index contributed by atoms with van der Waals surface area (Å²) in [7, 11) is 0. The van der Waals surface area contributed by atoms with Gasteiger partial charge in [0.2, 0.25) is 0 Å². The highest BCUT2D eigenvalue weighted by Gasteiger charge is 2.21. The summed E-state index contributed by atoms with van der Waals surface area (Å²) in [5.41, 5.74) is 0.528. The maximum Gasteiger partial charge on any atom is 0.335 e. The molecular formula is C14H20N2O3. The first-order valence-corrected chi connectivity index (χ1v) is 6.32. The summed E-state index contributed by atoms with van der Waals surface area (Å²) in [6.07, 6.45) is 1.68. The van der Waals surface area contributed by atoms with Crippen LogP contribution in [0.4, 0.5) is 10.5 Å². The molecule has 0 saturated heterocycles. The molecule has 1 rings (SSSR count). The number of anilines is 1. The summed E-state index contributed by atoms with van der Waals surface area (Å²) >= 11 is 0. The van der Waals surface area contributed by atoms with Crippen molar-refractivity contribution in [3.63, 3.8) is 0 Å². The van der Waals surface area contributed by atoms with Crippen molar-refractivity contribution < 1.29 is 14.7 Å². The van der Waals surface area contributed by atoms with Crippen molar-refractivity contribution >= 4 is 17.7 Å². The van der Waals surface area contributed by atoms with Gasteiger partial charge < -0.3 is 15.7 Å². The average Bonchev–Trinajstić information content (AvgIpc) is 2.39. The highest BCUT2D eigenvalue weighted by molar-refractivity contribution is 5.91. The highest BCUT2D eigenvalue weighted by Crippen LogP contribution is 2.14. The molecule has 0 bridgehead atoms. The lowest BCUT2D eigenvalue weighted by Gasteiger charge is -2.28. The largest absolute Gasteiger partial charge is 0.478 e. The Balaban J connectivity index is 2.64. The summed E-state index contributed by atoms with van der Waals surface area (Å²) in [5, 5.41) is 14.4. The van der Waals surface area contributed by atoms with Crippen LogP contribution in [-0.4, -0.2) is 22.6 Å². The Morgan fingerprint density at radius 2 is 1.68 bits per heavy atom. The fraction of sp³-hybridized carbons (Fsp3) is 0.429. The quantitative estimate of drug-likeness (QED) is 0.764. The van der Waals surface area contributed by atoms with E-state index in [1.807, 2.05) is 20.8 Å². The van der Waals surface area contributed by atoms with E-state index in [4.69, 9.17) is 5.11 Å². The van der Waals surface area contributed by atoms with Crippen LogP contribution < -0.4 is 10.6 Å². The Bertz CT molecular complexity index is 450. The normalized spacial score (nSPS) is 10.9. The summed E-state index contributed by atoms with van der Waals surface area (Å²) in [5.74, 6) is -0.986. The summed E-state index contributed by atoms with van der Waals surface area (Å²) in [6, 6.07) is 5.76. The molecule has 3 N–H and O–H groups in total. The van der Waals surface area contributed by atoms with Crippen LogP contribution in [0.2, 0.25) is 0 Å². The molecule has 5 heteroatoms. The van der Waals surface area contributed by atoms with Crippen LogP contribution >= 0.6 is 0 Å². The van der Waals surface area contributed by atoms with Gasteiger partial charge in [0.15, 0.2) is 0 Å². The molecule has 0 aromatic heterocycles. The molecule has 5 nitrogen and oxygen atoms in total. The van der Waals surface area contributed by atoms with Crippen LogP contribution in [0.5, 0.6) is 0 Å². The number of aromatic carboxylic acids is 1.